The highest BCUT2D eigenvalue weighted by molar-refractivity contribution is 6.30. The van der Waals surface area contributed by atoms with Crippen LogP contribution in [0.25, 0.3) is 6.08 Å². The molecule has 1 heterocycles. The van der Waals surface area contributed by atoms with Gasteiger partial charge in [0.2, 0.25) is 0 Å². The van der Waals surface area contributed by atoms with Crippen molar-refractivity contribution in [1.29, 1.82) is 0 Å². The van der Waals surface area contributed by atoms with Crippen LogP contribution in [0.4, 0.5) is 0 Å². The minimum atomic E-state index is -0.861. The van der Waals surface area contributed by atoms with E-state index in [0.717, 1.165) is 62.6 Å². The monoisotopic (exact) mass is 438 g/mol. The summed E-state index contributed by atoms with van der Waals surface area (Å²) < 4.78 is 0. The molecule has 2 fully saturated rings. The summed E-state index contributed by atoms with van der Waals surface area (Å²) in [6, 6.07) is 18.5. The number of rotatable bonds is 5. The molecule has 2 aromatic rings. The summed E-state index contributed by atoms with van der Waals surface area (Å²) in [5, 5.41) is 13.1. The molecule has 4 heteroatoms. The first-order chi connectivity index (χ1) is 15.0. The second kappa shape index (κ2) is 10.3. The normalized spacial score (nSPS) is 27.3. The quantitative estimate of drug-likeness (QED) is 0.655. The van der Waals surface area contributed by atoms with Gasteiger partial charge in [0.05, 0.1) is 5.60 Å². The number of aliphatic hydroxyl groups is 1. The van der Waals surface area contributed by atoms with E-state index in [-0.39, 0.29) is 5.92 Å². The summed E-state index contributed by atoms with van der Waals surface area (Å²) >= 11 is 6.30. The van der Waals surface area contributed by atoms with E-state index in [4.69, 9.17) is 11.6 Å². The molecule has 1 saturated heterocycles. The first-order valence-corrected chi connectivity index (χ1v) is 12.0. The molecule has 1 saturated carbocycles. The largest absolute Gasteiger partial charge is 0.385 e. The van der Waals surface area contributed by atoms with E-state index in [0.29, 0.717) is 6.42 Å². The predicted octanol–water partition coefficient (Wildman–Crippen LogP) is 5.13. The molecule has 2 atom stereocenters. The Bertz CT molecular complexity index is 876. The number of hydrogen-bond acceptors (Lipinski definition) is 3. The number of piperazine rings is 1. The van der Waals surface area contributed by atoms with Gasteiger partial charge in [-0.25, -0.2) is 0 Å². The lowest BCUT2D eigenvalue weighted by Gasteiger charge is -2.42. The van der Waals surface area contributed by atoms with Crippen LogP contribution in [-0.2, 0) is 6.42 Å². The minimum absolute atomic E-state index is 0.215. The van der Waals surface area contributed by atoms with Crippen molar-refractivity contribution in [2.75, 3.05) is 39.8 Å². The Morgan fingerprint density at radius 1 is 1.03 bits per heavy atom. The van der Waals surface area contributed by atoms with Crippen molar-refractivity contribution in [3.05, 3.63) is 76.3 Å². The number of halogens is 1. The van der Waals surface area contributed by atoms with Gasteiger partial charge in [0, 0.05) is 50.1 Å². The Labute approximate surface area is 192 Å². The average Bonchev–Trinajstić information content (AvgIpc) is 2.90. The summed E-state index contributed by atoms with van der Waals surface area (Å²) in [5.41, 5.74) is 2.59. The highest BCUT2D eigenvalue weighted by atomic mass is 35.5. The maximum Gasteiger partial charge on any atom is 0.0940 e. The molecule has 166 valence electrons. The topological polar surface area (TPSA) is 26.7 Å². The van der Waals surface area contributed by atoms with Crippen LogP contribution in [0.1, 0.15) is 36.8 Å². The molecule has 2 aliphatic rings. The maximum absolute atomic E-state index is 12.4. The molecule has 2 unspecified atom stereocenters. The standard InChI is InChI=1S/C27H35ClN2O/c1-29-14-16-30(17-15-29)21-25-12-6-5-11-24(18-22-8-3-2-4-9-22)27(25,31)20-23-10-7-13-26(28)19-23/h2-4,7-10,13,18-19,25,31H,5-6,11-12,14-17,20-21H2,1H3/b24-18-. The molecule has 0 radical (unpaired) electrons. The van der Waals surface area contributed by atoms with Crippen LogP contribution in [-0.4, -0.2) is 60.3 Å². The van der Waals surface area contributed by atoms with Crippen molar-refractivity contribution in [3.63, 3.8) is 0 Å². The summed E-state index contributed by atoms with van der Waals surface area (Å²) in [6.45, 7) is 5.32. The second-order valence-electron chi connectivity index (χ2n) is 9.36. The van der Waals surface area contributed by atoms with Crippen molar-refractivity contribution < 1.29 is 5.11 Å². The lowest BCUT2D eigenvalue weighted by Crippen LogP contribution is -2.51. The Morgan fingerprint density at radius 3 is 2.55 bits per heavy atom. The molecule has 0 aromatic heterocycles. The third-order valence-corrected chi connectivity index (χ3v) is 7.29. The maximum atomic E-state index is 12.4. The summed E-state index contributed by atoms with van der Waals surface area (Å²) in [4.78, 5) is 4.95. The molecule has 1 N–H and O–H groups in total. The molecule has 4 rings (SSSR count). The van der Waals surface area contributed by atoms with Crippen molar-refractivity contribution >= 4 is 17.7 Å². The van der Waals surface area contributed by atoms with Gasteiger partial charge in [-0.2, -0.15) is 0 Å². The number of likely N-dealkylation sites (N-methyl/N-ethyl adjacent to an activating group) is 1. The van der Waals surface area contributed by atoms with Gasteiger partial charge in [-0.1, -0.05) is 66.6 Å². The van der Waals surface area contributed by atoms with Crippen LogP contribution in [0.15, 0.2) is 60.2 Å². The van der Waals surface area contributed by atoms with Crippen molar-refractivity contribution in [1.82, 2.24) is 9.80 Å². The molecule has 1 aliphatic heterocycles. The van der Waals surface area contributed by atoms with Crippen LogP contribution >= 0.6 is 11.6 Å². The van der Waals surface area contributed by atoms with Crippen LogP contribution in [0, 0.1) is 5.92 Å². The molecule has 0 amide bonds. The van der Waals surface area contributed by atoms with Gasteiger partial charge in [0.15, 0.2) is 0 Å². The van der Waals surface area contributed by atoms with E-state index < -0.39 is 5.60 Å². The van der Waals surface area contributed by atoms with Crippen LogP contribution in [0.2, 0.25) is 5.02 Å². The van der Waals surface area contributed by atoms with E-state index in [1.807, 2.05) is 24.3 Å². The van der Waals surface area contributed by atoms with Gasteiger partial charge in [-0.05, 0) is 55.1 Å². The van der Waals surface area contributed by atoms with Gasteiger partial charge in [-0.3, -0.25) is 0 Å². The van der Waals surface area contributed by atoms with Gasteiger partial charge in [0.1, 0.15) is 0 Å². The lowest BCUT2D eigenvalue weighted by molar-refractivity contribution is -0.00642. The Hall–Kier alpha value is -1.65. The van der Waals surface area contributed by atoms with E-state index in [1.165, 1.54) is 17.6 Å². The van der Waals surface area contributed by atoms with Gasteiger partial charge in [0.25, 0.3) is 0 Å². The van der Waals surface area contributed by atoms with Crippen LogP contribution in [0.5, 0.6) is 0 Å². The SMILES string of the molecule is CN1CCN(CC2CCCC/C(=C/c3ccccc3)C2(O)Cc2cccc(Cl)c2)CC1. The third-order valence-electron chi connectivity index (χ3n) is 7.06. The van der Waals surface area contributed by atoms with Crippen molar-refractivity contribution in [3.8, 4) is 0 Å². The van der Waals surface area contributed by atoms with E-state index in [1.54, 1.807) is 0 Å². The smallest absolute Gasteiger partial charge is 0.0940 e. The zero-order valence-electron chi connectivity index (χ0n) is 18.6. The summed E-state index contributed by atoms with van der Waals surface area (Å²) in [7, 11) is 2.19. The summed E-state index contributed by atoms with van der Waals surface area (Å²) in [6.07, 6.45) is 7.18. The summed E-state index contributed by atoms with van der Waals surface area (Å²) in [5.74, 6) is 0.215. The average molecular weight is 439 g/mol. The van der Waals surface area contributed by atoms with Gasteiger partial charge >= 0.3 is 0 Å². The van der Waals surface area contributed by atoms with E-state index in [2.05, 4.69) is 53.3 Å². The zero-order valence-corrected chi connectivity index (χ0v) is 19.4. The van der Waals surface area contributed by atoms with Crippen LogP contribution < -0.4 is 0 Å². The van der Waals surface area contributed by atoms with Crippen molar-refractivity contribution in [2.24, 2.45) is 5.92 Å². The molecule has 31 heavy (non-hydrogen) atoms. The van der Waals surface area contributed by atoms with Gasteiger partial charge in [-0.15, -0.1) is 0 Å². The van der Waals surface area contributed by atoms with E-state index in [9.17, 15) is 5.11 Å². The number of benzene rings is 2. The van der Waals surface area contributed by atoms with E-state index >= 15 is 0 Å². The molecule has 0 bridgehead atoms. The fourth-order valence-corrected chi connectivity index (χ4v) is 5.38. The zero-order chi connectivity index (χ0) is 21.7. The van der Waals surface area contributed by atoms with Crippen molar-refractivity contribution in [2.45, 2.75) is 37.7 Å². The van der Waals surface area contributed by atoms with Gasteiger partial charge < -0.3 is 14.9 Å². The Kier molecular flexibility index (Phi) is 7.50. The first kappa shape index (κ1) is 22.5. The second-order valence-corrected chi connectivity index (χ2v) is 9.79. The minimum Gasteiger partial charge on any atom is -0.385 e. The highest BCUT2D eigenvalue weighted by Crippen LogP contribution is 2.41. The molecule has 3 nitrogen and oxygen atoms in total. The molecule has 1 aliphatic carbocycles. The fourth-order valence-electron chi connectivity index (χ4n) is 5.17. The third kappa shape index (κ3) is 5.78. The number of hydrogen-bond donors (Lipinski definition) is 1. The Balaban J connectivity index is 1.67. The fraction of sp³-hybridized carbons (Fsp3) is 0.481. The Morgan fingerprint density at radius 2 is 1.81 bits per heavy atom. The number of nitrogens with zero attached hydrogens (tertiary/aromatic N) is 2. The molecule has 2 aromatic carbocycles. The molecular formula is C27H35ClN2O. The lowest BCUT2D eigenvalue weighted by atomic mass is 9.74. The van der Waals surface area contributed by atoms with Crippen LogP contribution in [0.3, 0.4) is 0 Å². The predicted molar refractivity (Wildman–Crippen MR) is 130 cm³/mol. The molecular weight excluding hydrogens is 404 g/mol. The first-order valence-electron chi connectivity index (χ1n) is 11.7. The molecule has 0 spiro atoms. The highest BCUT2D eigenvalue weighted by Gasteiger charge is 2.42.